The van der Waals surface area contributed by atoms with Crippen LogP contribution in [0.2, 0.25) is 0 Å². The number of fused-ring (bicyclic) bond motifs is 1. The van der Waals surface area contributed by atoms with Gasteiger partial charge in [0.15, 0.2) is 9.84 Å². The molecule has 0 saturated heterocycles. The summed E-state index contributed by atoms with van der Waals surface area (Å²) in [5, 5.41) is 1.12. The molecule has 2 aromatic rings. The molecule has 0 unspecified atom stereocenters. The van der Waals surface area contributed by atoms with Gasteiger partial charge in [-0.3, -0.25) is 0 Å². The second-order valence-corrected chi connectivity index (χ2v) is 7.82. The van der Waals surface area contributed by atoms with Crippen molar-refractivity contribution in [2.75, 3.05) is 13.7 Å². The van der Waals surface area contributed by atoms with Crippen molar-refractivity contribution in [3.63, 3.8) is 0 Å². The van der Waals surface area contributed by atoms with Crippen LogP contribution in [0.15, 0.2) is 16.3 Å². The van der Waals surface area contributed by atoms with Gasteiger partial charge in [0, 0.05) is 11.4 Å². The Bertz CT molecular complexity index is 719. The summed E-state index contributed by atoms with van der Waals surface area (Å²) in [6.07, 6.45) is 0. The van der Waals surface area contributed by atoms with Gasteiger partial charge in [0.1, 0.15) is 16.2 Å². The van der Waals surface area contributed by atoms with E-state index in [2.05, 4.69) is 4.98 Å². The van der Waals surface area contributed by atoms with Gasteiger partial charge in [0.05, 0.1) is 23.7 Å². The summed E-state index contributed by atoms with van der Waals surface area (Å²) in [7, 11) is -1.84. The lowest BCUT2D eigenvalue weighted by atomic mass is 10.3. The fourth-order valence-corrected chi connectivity index (χ4v) is 4.30. The predicted molar refractivity (Wildman–Crippen MR) is 79.7 cm³/mol. The molecule has 2 rings (SSSR count). The van der Waals surface area contributed by atoms with Crippen LogP contribution in [0.1, 0.15) is 20.8 Å². The number of thiophene rings is 1. The molecule has 0 saturated carbocycles. The maximum absolute atomic E-state index is 12.4. The summed E-state index contributed by atoms with van der Waals surface area (Å²) in [5.41, 5.74) is 0.423. The van der Waals surface area contributed by atoms with Gasteiger partial charge in [-0.1, -0.05) is 0 Å². The van der Waals surface area contributed by atoms with Crippen molar-refractivity contribution in [1.29, 1.82) is 0 Å². The molecule has 7 heteroatoms. The zero-order valence-electron chi connectivity index (χ0n) is 11.8. The molecule has 0 amide bonds. The highest BCUT2D eigenvalue weighted by Gasteiger charge is 2.25. The molecular formula is C13H17NO4S2. The topological polar surface area (TPSA) is 65.5 Å². The number of hydrogen-bond donors (Lipinski definition) is 0. The lowest BCUT2D eigenvalue weighted by Crippen LogP contribution is -2.13. The van der Waals surface area contributed by atoms with Gasteiger partial charge in [0.2, 0.25) is 5.88 Å². The Morgan fingerprint density at radius 3 is 2.65 bits per heavy atom. The van der Waals surface area contributed by atoms with Crippen molar-refractivity contribution in [2.24, 2.45) is 0 Å². The monoisotopic (exact) mass is 315 g/mol. The first-order chi connectivity index (χ1) is 9.41. The number of ether oxygens (including phenoxy) is 2. The molecule has 0 spiro atoms. The van der Waals surface area contributed by atoms with E-state index in [9.17, 15) is 8.42 Å². The second-order valence-electron chi connectivity index (χ2n) is 4.47. The summed E-state index contributed by atoms with van der Waals surface area (Å²) in [6.45, 7) is 5.61. The Morgan fingerprint density at radius 1 is 1.40 bits per heavy atom. The Kier molecular flexibility index (Phi) is 4.19. The van der Waals surface area contributed by atoms with Crippen molar-refractivity contribution in [2.45, 2.75) is 30.9 Å². The minimum Gasteiger partial charge on any atom is -0.495 e. The third-order valence-electron chi connectivity index (χ3n) is 2.87. The van der Waals surface area contributed by atoms with E-state index < -0.39 is 15.1 Å². The zero-order chi connectivity index (χ0) is 14.9. The van der Waals surface area contributed by atoms with Crippen LogP contribution in [0.4, 0.5) is 0 Å². The molecule has 0 radical (unpaired) electrons. The van der Waals surface area contributed by atoms with E-state index in [0.29, 0.717) is 23.8 Å². The number of rotatable bonds is 5. The van der Waals surface area contributed by atoms with E-state index in [4.69, 9.17) is 9.47 Å². The summed E-state index contributed by atoms with van der Waals surface area (Å²) in [4.78, 5) is 4.55. The number of pyridine rings is 1. The molecular weight excluding hydrogens is 298 g/mol. The van der Waals surface area contributed by atoms with Crippen molar-refractivity contribution >= 4 is 31.4 Å². The highest BCUT2D eigenvalue weighted by molar-refractivity contribution is 7.92. The second kappa shape index (κ2) is 5.57. The molecule has 0 aliphatic carbocycles. The van der Waals surface area contributed by atoms with Crippen molar-refractivity contribution in [1.82, 2.24) is 4.98 Å². The Hall–Kier alpha value is -1.34. The molecule has 2 aromatic heterocycles. The molecule has 0 atom stereocenters. The molecule has 0 bridgehead atoms. The van der Waals surface area contributed by atoms with Crippen LogP contribution in [0, 0.1) is 0 Å². The normalized spacial score (nSPS) is 12.1. The van der Waals surface area contributed by atoms with Gasteiger partial charge in [-0.2, -0.15) is 0 Å². The highest BCUT2D eigenvalue weighted by atomic mass is 32.2. The lowest BCUT2D eigenvalue weighted by molar-refractivity contribution is 0.324. The molecule has 5 nitrogen and oxygen atoms in total. The van der Waals surface area contributed by atoms with Gasteiger partial charge in [-0.15, -0.1) is 11.3 Å². The largest absolute Gasteiger partial charge is 0.495 e. The van der Waals surface area contributed by atoms with Gasteiger partial charge >= 0.3 is 0 Å². The average molecular weight is 315 g/mol. The minimum atomic E-state index is -3.38. The van der Waals surface area contributed by atoms with E-state index in [1.807, 2.05) is 6.92 Å². The molecule has 0 aliphatic heterocycles. The van der Waals surface area contributed by atoms with Crippen molar-refractivity contribution in [3.8, 4) is 11.6 Å². The fraction of sp³-hybridized carbons (Fsp3) is 0.462. The van der Waals surface area contributed by atoms with Crippen molar-refractivity contribution in [3.05, 3.63) is 11.4 Å². The standard InChI is InChI=1S/C13H17NO4S2/c1-5-18-11-6-9(17-4)13-12(14-11)10(7-19-13)20(15,16)8(2)3/h6-8H,5H2,1-4H3. The smallest absolute Gasteiger partial charge is 0.217 e. The zero-order valence-corrected chi connectivity index (χ0v) is 13.5. The van der Waals surface area contributed by atoms with Crippen molar-refractivity contribution < 1.29 is 17.9 Å². The minimum absolute atomic E-state index is 0.243. The quantitative estimate of drug-likeness (QED) is 0.849. The molecule has 0 aliphatic rings. The maximum atomic E-state index is 12.4. The number of hydrogen-bond acceptors (Lipinski definition) is 6. The van der Waals surface area contributed by atoms with Crippen LogP contribution in [-0.4, -0.2) is 32.4 Å². The summed E-state index contributed by atoms with van der Waals surface area (Å²) in [6, 6.07) is 1.67. The summed E-state index contributed by atoms with van der Waals surface area (Å²) in [5.74, 6) is 0.948. The third kappa shape index (κ3) is 2.47. The fourth-order valence-electron chi connectivity index (χ4n) is 1.77. The molecule has 110 valence electrons. The van der Waals surface area contributed by atoms with Crippen LogP contribution < -0.4 is 9.47 Å². The SMILES string of the molecule is CCOc1cc(OC)c2scc(S(=O)(=O)C(C)C)c2n1. The first-order valence-corrected chi connectivity index (χ1v) is 8.67. The molecule has 0 aromatic carbocycles. The van der Waals surface area contributed by atoms with Crippen LogP contribution in [0.5, 0.6) is 11.6 Å². The van der Waals surface area contributed by atoms with Crippen LogP contribution in [0.3, 0.4) is 0 Å². The third-order valence-corrected chi connectivity index (χ3v) is 6.17. The molecule has 2 heterocycles. The lowest BCUT2D eigenvalue weighted by Gasteiger charge is -2.09. The summed E-state index contributed by atoms with van der Waals surface area (Å²) >= 11 is 1.31. The van der Waals surface area contributed by atoms with E-state index in [0.717, 1.165) is 4.70 Å². The van der Waals surface area contributed by atoms with Gasteiger partial charge in [0.25, 0.3) is 0 Å². The van der Waals surface area contributed by atoms with E-state index in [1.165, 1.54) is 11.3 Å². The first kappa shape index (κ1) is 15.1. The van der Waals surface area contributed by atoms with Crippen LogP contribution in [-0.2, 0) is 9.84 Å². The Morgan fingerprint density at radius 2 is 2.10 bits per heavy atom. The Labute approximate surface area is 122 Å². The average Bonchev–Trinajstić information content (AvgIpc) is 2.82. The number of nitrogens with zero attached hydrogens (tertiary/aromatic N) is 1. The molecule has 20 heavy (non-hydrogen) atoms. The summed E-state index contributed by atoms with van der Waals surface area (Å²) < 4.78 is 36.1. The molecule has 0 fully saturated rings. The Balaban J connectivity index is 2.73. The number of methoxy groups -OCH3 is 1. The number of aromatic nitrogens is 1. The van der Waals surface area contributed by atoms with Gasteiger partial charge < -0.3 is 9.47 Å². The van der Waals surface area contributed by atoms with Gasteiger partial charge in [-0.25, -0.2) is 13.4 Å². The van der Waals surface area contributed by atoms with E-state index in [-0.39, 0.29) is 4.90 Å². The first-order valence-electron chi connectivity index (χ1n) is 6.24. The van der Waals surface area contributed by atoms with E-state index >= 15 is 0 Å². The van der Waals surface area contributed by atoms with Crippen LogP contribution in [0.25, 0.3) is 10.2 Å². The maximum Gasteiger partial charge on any atom is 0.217 e. The van der Waals surface area contributed by atoms with E-state index in [1.54, 1.807) is 32.4 Å². The van der Waals surface area contributed by atoms with Gasteiger partial charge in [-0.05, 0) is 20.8 Å². The predicted octanol–water partition coefficient (Wildman–Crippen LogP) is 2.89. The molecule has 0 N–H and O–H groups in total. The highest BCUT2D eigenvalue weighted by Crippen LogP contribution is 2.38. The van der Waals surface area contributed by atoms with Crippen LogP contribution >= 0.6 is 11.3 Å². The number of sulfone groups is 1.